The Morgan fingerprint density at radius 1 is 1.12 bits per heavy atom. The summed E-state index contributed by atoms with van der Waals surface area (Å²) in [5.41, 5.74) is 0.977. The van der Waals surface area contributed by atoms with Crippen LogP contribution in [0, 0.1) is 5.82 Å². The molecule has 0 aliphatic carbocycles. The van der Waals surface area contributed by atoms with Crippen LogP contribution in [0.5, 0.6) is 0 Å². The van der Waals surface area contributed by atoms with Gasteiger partial charge in [-0.15, -0.1) is 0 Å². The lowest BCUT2D eigenvalue weighted by molar-refractivity contribution is 0.566. The van der Waals surface area contributed by atoms with Crippen LogP contribution in [0.15, 0.2) is 58.4 Å². The van der Waals surface area contributed by atoms with E-state index < -0.39 is 15.7 Å². The van der Waals surface area contributed by atoms with Gasteiger partial charge in [0.25, 0.3) is 0 Å². The number of hydrogen-bond donors (Lipinski definition) is 2. The fraction of sp³-hybridized carbons (Fsp3) is 0.278. The third-order valence-corrected chi connectivity index (χ3v) is 5.51. The lowest BCUT2D eigenvalue weighted by atomic mass is 10.2. The summed E-state index contributed by atoms with van der Waals surface area (Å²) in [7, 11) is -3.71. The summed E-state index contributed by atoms with van der Waals surface area (Å²) in [4.78, 5) is 4.12. The normalized spacial score (nSPS) is 12.0. The van der Waals surface area contributed by atoms with Crippen molar-refractivity contribution in [3.05, 3.63) is 64.9 Å². The van der Waals surface area contributed by atoms with Crippen LogP contribution in [0.3, 0.4) is 0 Å². The van der Waals surface area contributed by atoms with Gasteiger partial charge in [-0.3, -0.25) is 0 Å². The zero-order chi connectivity index (χ0) is 19.0. The fourth-order valence-corrected chi connectivity index (χ4v) is 3.58. The molecule has 2 aromatic rings. The average molecular weight is 398 g/mol. The van der Waals surface area contributed by atoms with E-state index in [4.69, 9.17) is 11.6 Å². The fourth-order valence-electron chi connectivity index (χ4n) is 2.21. The Morgan fingerprint density at radius 3 is 2.46 bits per heavy atom. The van der Waals surface area contributed by atoms with Gasteiger partial charge < -0.3 is 10.6 Å². The lowest BCUT2D eigenvalue weighted by Crippen LogP contribution is -2.39. The highest BCUT2D eigenvalue weighted by Gasteiger charge is 2.18. The first-order valence-corrected chi connectivity index (χ1v) is 10.2. The Labute approximate surface area is 158 Å². The van der Waals surface area contributed by atoms with E-state index >= 15 is 0 Å². The number of nitrogens with zero attached hydrogens (tertiary/aromatic N) is 1. The van der Waals surface area contributed by atoms with Crippen LogP contribution in [-0.2, 0) is 16.4 Å². The van der Waals surface area contributed by atoms with Gasteiger partial charge in [-0.2, -0.15) is 0 Å². The maximum Gasteiger partial charge on any atom is 0.191 e. The van der Waals surface area contributed by atoms with E-state index in [1.807, 2.05) is 19.1 Å². The van der Waals surface area contributed by atoms with E-state index in [0.29, 0.717) is 24.1 Å². The van der Waals surface area contributed by atoms with Crippen molar-refractivity contribution in [2.24, 2.45) is 4.99 Å². The summed E-state index contributed by atoms with van der Waals surface area (Å²) < 4.78 is 38.2. The number of nitrogens with one attached hydrogen (secondary N) is 2. The number of hydrogen-bond acceptors (Lipinski definition) is 3. The van der Waals surface area contributed by atoms with Gasteiger partial charge in [0.2, 0.25) is 0 Å². The Hall–Kier alpha value is -2.12. The van der Waals surface area contributed by atoms with Crippen molar-refractivity contribution >= 4 is 27.4 Å². The molecule has 2 N–H and O–H groups in total. The van der Waals surface area contributed by atoms with Crippen LogP contribution in [0.25, 0.3) is 0 Å². The monoisotopic (exact) mass is 397 g/mol. The summed E-state index contributed by atoms with van der Waals surface area (Å²) in [6.07, 6.45) is 0. The van der Waals surface area contributed by atoms with Gasteiger partial charge >= 0.3 is 0 Å². The second-order valence-corrected chi connectivity index (χ2v) is 8.01. The molecule has 0 aromatic heterocycles. The van der Waals surface area contributed by atoms with Gasteiger partial charge in [0.15, 0.2) is 15.8 Å². The first-order valence-electron chi connectivity index (χ1n) is 8.16. The van der Waals surface area contributed by atoms with E-state index in [0.717, 1.165) is 11.6 Å². The van der Waals surface area contributed by atoms with Gasteiger partial charge in [-0.1, -0.05) is 35.9 Å². The van der Waals surface area contributed by atoms with Gasteiger partial charge in [0.1, 0.15) is 10.7 Å². The molecule has 0 aliphatic rings. The average Bonchev–Trinajstić information content (AvgIpc) is 2.61. The molecule has 2 aromatic carbocycles. The number of guanidine groups is 1. The van der Waals surface area contributed by atoms with Gasteiger partial charge in [0, 0.05) is 18.1 Å². The zero-order valence-corrected chi connectivity index (χ0v) is 15.9. The molecule has 0 atom stereocenters. The number of aliphatic imine (C=N–C) groups is 1. The quantitative estimate of drug-likeness (QED) is 0.556. The Balaban J connectivity index is 1.96. The molecule has 0 aliphatic heterocycles. The molecule has 0 bridgehead atoms. The van der Waals surface area contributed by atoms with Crippen LogP contribution < -0.4 is 10.6 Å². The summed E-state index contributed by atoms with van der Waals surface area (Å²) >= 11 is 5.85. The lowest BCUT2D eigenvalue weighted by Gasteiger charge is -2.12. The summed E-state index contributed by atoms with van der Waals surface area (Å²) in [6.45, 7) is 3.08. The molecule has 5 nitrogen and oxygen atoms in total. The predicted molar refractivity (Wildman–Crippen MR) is 103 cm³/mol. The minimum atomic E-state index is -3.71. The third-order valence-electron chi connectivity index (χ3n) is 3.51. The Kier molecular flexibility index (Phi) is 7.41. The van der Waals surface area contributed by atoms with Crippen molar-refractivity contribution in [1.29, 1.82) is 0 Å². The second kappa shape index (κ2) is 9.54. The highest BCUT2D eigenvalue weighted by molar-refractivity contribution is 7.91. The zero-order valence-electron chi connectivity index (χ0n) is 14.4. The molecule has 140 valence electrons. The number of halogens is 2. The minimum absolute atomic E-state index is 0.114. The van der Waals surface area contributed by atoms with Crippen LogP contribution in [-0.4, -0.2) is 33.2 Å². The Morgan fingerprint density at radius 2 is 1.81 bits per heavy atom. The van der Waals surface area contributed by atoms with Crippen molar-refractivity contribution in [3.63, 3.8) is 0 Å². The SMILES string of the molecule is CCNC(=NCc1ccc(Cl)cc1)NCCS(=O)(=O)c1ccccc1F. The number of rotatable bonds is 7. The van der Waals surface area contributed by atoms with E-state index in [2.05, 4.69) is 15.6 Å². The Bertz CT molecular complexity index is 855. The van der Waals surface area contributed by atoms with E-state index in [1.165, 1.54) is 18.2 Å². The molecule has 2 rings (SSSR count). The van der Waals surface area contributed by atoms with Crippen molar-refractivity contribution in [2.45, 2.75) is 18.4 Å². The first kappa shape index (κ1) is 20.2. The molecule has 8 heteroatoms. The van der Waals surface area contributed by atoms with Gasteiger partial charge in [0.05, 0.1) is 12.3 Å². The molecular formula is C18H21ClFN3O2S. The maximum atomic E-state index is 13.7. The summed E-state index contributed by atoms with van der Waals surface area (Å²) in [6, 6.07) is 12.7. The highest BCUT2D eigenvalue weighted by Crippen LogP contribution is 2.14. The predicted octanol–water partition coefficient (Wildman–Crippen LogP) is 3.01. The van der Waals surface area contributed by atoms with Crippen molar-refractivity contribution in [1.82, 2.24) is 10.6 Å². The minimum Gasteiger partial charge on any atom is -0.357 e. The molecule has 0 saturated heterocycles. The van der Waals surface area contributed by atoms with Gasteiger partial charge in [-0.25, -0.2) is 17.8 Å². The first-order chi connectivity index (χ1) is 12.4. The third kappa shape index (κ3) is 6.00. The van der Waals surface area contributed by atoms with Gasteiger partial charge in [-0.05, 0) is 36.8 Å². The largest absolute Gasteiger partial charge is 0.357 e. The highest BCUT2D eigenvalue weighted by atomic mass is 35.5. The molecule has 0 amide bonds. The molecule has 0 heterocycles. The van der Waals surface area contributed by atoms with Crippen molar-refractivity contribution < 1.29 is 12.8 Å². The molecular weight excluding hydrogens is 377 g/mol. The second-order valence-electron chi connectivity index (χ2n) is 5.50. The van der Waals surface area contributed by atoms with Crippen LogP contribution >= 0.6 is 11.6 Å². The molecule has 0 fully saturated rings. The molecule has 0 unspecified atom stereocenters. The van der Waals surface area contributed by atoms with Crippen LogP contribution in [0.1, 0.15) is 12.5 Å². The van der Waals surface area contributed by atoms with Crippen LogP contribution in [0.4, 0.5) is 4.39 Å². The smallest absolute Gasteiger partial charge is 0.191 e. The number of benzene rings is 2. The van der Waals surface area contributed by atoms with Crippen LogP contribution in [0.2, 0.25) is 5.02 Å². The molecule has 0 spiro atoms. The van der Waals surface area contributed by atoms with Crippen molar-refractivity contribution in [2.75, 3.05) is 18.8 Å². The molecule has 0 saturated carbocycles. The number of sulfone groups is 1. The molecule has 26 heavy (non-hydrogen) atoms. The summed E-state index contributed by atoms with van der Waals surface area (Å²) in [5, 5.41) is 6.66. The van der Waals surface area contributed by atoms with E-state index in [9.17, 15) is 12.8 Å². The molecule has 0 radical (unpaired) electrons. The van der Waals surface area contributed by atoms with E-state index in [-0.39, 0.29) is 17.2 Å². The van der Waals surface area contributed by atoms with E-state index in [1.54, 1.807) is 12.1 Å². The summed E-state index contributed by atoms with van der Waals surface area (Å²) in [5.74, 6) is -0.485. The maximum absolute atomic E-state index is 13.7. The topological polar surface area (TPSA) is 70.6 Å². The van der Waals surface area contributed by atoms with Crippen molar-refractivity contribution in [3.8, 4) is 0 Å². The standard InChI is InChI=1S/C18H21ClFN3O2S/c1-2-21-18(23-13-14-7-9-15(19)10-8-14)22-11-12-26(24,25)17-6-4-3-5-16(17)20/h3-10H,2,11-13H2,1H3,(H2,21,22,23).